The third-order valence-electron chi connectivity index (χ3n) is 2.15. The first-order valence-corrected chi connectivity index (χ1v) is 5.38. The van der Waals surface area contributed by atoms with Crippen molar-refractivity contribution in [2.45, 2.75) is 26.2 Å². The number of carbonyl (C=O) groups excluding carboxylic acids is 2. The SMILES string of the molecule is C=CCOC(=O)NCCCC[C@H](C)C(N)=O. The van der Waals surface area contributed by atoms with E-state index < -0.39 is 6.09 Å². The van der Waals surface area contributed by atoms with Gasteiger partial charge in [-0.25, -0.2) is 4.79 Å². The highest BCUT2D eigenvalue weighted by atomic mass is 16.5. The summed E-state index contributed by atoms with van der Waals surface area (Å²) >= 11 is 0. The molecule has 0 aliphatic rings. The van der Waals surface area contributed by atoms with Crippen molar-refractivity contribution in [2.24, 2.45) is 11.7 Å². The van der Waals surface area contributed by atoms with Crippen LogP contribution < -0.4 is 11.1 Å². The van der Waals surface area contributed by atoms with Gasteiger partial charge in [-0.15, -0.1) is 0 Å². The van der Waals surface area contributed by atoms with E-state index in [9.17, 15) is 9.59 Å². The number of primary amides is 1. The largest absolute Gasteiger partial charge is 0.445 e. The number of ether oxygens (including phenoxy) is 1. The molecule has 1 atom stereocenters. The highest BCUT2D eigenvalue weighted by molar-refractivity contribution is 5.76. The van der Waals surface area contributed by atoms with Gasteiger partial charge in [-0.1, -0.05) is 26.0 Å². The average molecular weight is 228 g/mol. The summed E-state index contributed by atoms with van der Waals surface area (Å²) in [6.45, 7) is 5.99. The van der Waals surface area contributed by atoms with Crippen LogP contribution >= 0.6 is 0 Å². The van der Waals surface area contributed by atoms with Crippen LogP contribution in [0.5, 0.6) is 0 Å². The molecule has 0 rings (SSSR count). The lowest BCUT2D eigenvalue weighted by Crippen LogP contribution is -2.25. The fourth-order valence-electron chi connectivity index (χ4n) is 1.09. The van der Waals surface area contributed by atoms with Crippen LogP contribution in [0.4, 0.5) is 4.79 Å². The molecule has 0 aliphatic heterocycles. The number of hydrogen-bond acceptors (Lipinski definition) is 3. The van der Waals surface area contributed by atoms with E-state index in [-0.39, 0.29) is 18.4 Å². The van der Waals surface area contributed by atoms with Crippen molar-refractivity contribution in [3.8, 4) is 0 Å². The number of nitrogens with two attached hydrogens (primary N) is 1. The molecule has 0 saturated heterocycles. The summed E-state index contributed by atoms with van der Waals surface area (Å²) in [6, 6.07) is 0. The van der Waals surface area contributed by atoms with Crippen LogP contribution in [0.2, 0.25) is 0 Å². The molecule has 92 valence electrons. The predicted octanol–water partition coefficient (Wildman–Crippen LogP) is 1.19. The van der Waals surface area contributed by atoms with Gasteiger partial charge in [0.15, 0.2) is 0 Å². The van der Waals surface area contributed by atoms with Gasteiger partial charge in [0.05, 0.1) is 0 Å². The summed E-state index contributed by atoms with van der Waals surface area (Å²) in [5.74, 6) is -0.383. The van der Waals surface area contributed by atoms with Crippen LogP contribution in [-0.2, 0) is 9.53 Å². The van der Waals surface area contributed by atoms with Gasteiger partial charge < -0.3 is 15.8 Å². The Kier molecular flexibility index (Phi) is 7.93. The summed E-state index contributed by atoms with van der Waals surface area (Å²) in [4.78, 5) is 21.7. The van der Waals surface area contributed by atoms with Gasteiger partial charge >= 0.3 is 6.09 Å². The number of alkyl carbamates (subject to hydrolysis) is 1. The number of nitrogens with one attached hydrogen (secondary N) is 1. The Hall–Kier alpha value is -1.52. The Morgan fingerprint density at radius 3 is 2.75 bits per heavy atom. The van der Waals surface area contributed by atoms with Crippen LogP contribution in [0.1, 0.15) is 26.2 Å². The first kappa shape index (κ1) is 14.5. The van der Waals surface area contributed by atoms with Gasteiger partial charge in [-0.3, -0.25) is 4.79 Å². The zero-order valence-electron chi connectivity index (χ0n) is 9.70. The van der Waals surface area contributed by atoms with E-state index in [1.807, 2.05) is 0 Å². The lowest BCUT2D eigenvalue weighted by atomic mass is 10.0. The Labute approximate surface area is 96.0 Å². The molecule has 0 aliphatic carbocycles. The molecule has 2 amide bonds. The zero-order valence-corrected chi connectivity index (χ0v) is 9.70. The maximum absolute atomic E-state index is 11.0. The second-order valence-electron chi connectivity index (χ2n) is 3.61. The Morgan fingerprint density at radius 2 is 2.19 bits per heavy atom. The molecule has 16 heavy (non-hydrogen) atoms. The normalized spacial score (nSPS) is 11.6. The third-order valence-corrected chi connectivity index (χ3v) is 2.15. The Bertz CT molecular complexity index is 241. The fourth-order valence-corrected chi connectivity index (χ4v) is 1.09. The molecule has 3 N–H and O–H groups in total. The van der Waals surface area contributed by atoms with Crippen LogP contribution in [0.3, 0.4) is 0 Å². The molecule has 0 spiro atoms. The molecule has 0 bridgehead atoms. The van der Waals surface area contributed by atoms with E-state index in [1.54, 1.807) is 6.92 Å². The quantitative estimate of drug-likeness (QED) is 0.483. The Morgan fingerprint density at radius 1 is 1.50 bits per heavy atom. The summed E-state index contributed by atoms with van der Waals surface area (Å²) < 4.78 is 4.71. The topological polar surface area (TPSA) is 81.4 Å². The van der Waals surface area contributed by atoms with E-state index in [0.29, 0.717) is 6.54 Å². The fraction of sp³-hybridized carbons (Fsp3) is 0.636. The minimum atomic E-state index is -0.442. The standard InChI is InChI=1S/C11H20N2O3/c1-3-8-16-11(15)13-7-5-4-6-9(2)10(12)14/h3,9H,1,4-8H2,2H3,(H2,12,14)(H,13,15)/t9-/m0/s1. The van der Waals surface area contributed by atoms with E-state index >= 15 is 0 Å². The van der Waals surface area contributed by atoms with E-state index in [0.717, 1.165) is 19.3 Å². The number of rotatable bonds is 8. The molecular weight excluding hydrogens is 208 g/mol. The van der Waals surface area contributed by atoms with Gasteiger partial charge in [0.2, 0.25) is 5.91 Å². The second-order valence-corrected chi connectivity index (χ2v) is 3.61. The molecule has 0 aromatic carbocycles. The predicted molar refractivity (Wildman–Crippen MR) is 61.8 cm³/mol. The second kappa shape index (κ2) is 8.76. The number of unbranched alkanes of at least 4 members (excludes halogenated alkanes) is 1. The van der Waals surface area contributed by atoms with Gasteiger partial charge in [0, 0.05) is 12.5 Å². The molecule has 0 heterocycles. The highest BCUT2D eigenvalue weighted by Gasteiger charge is 2.07. The van der Waals surface area contributed by atoms with Crippen molar-refractivity contribution in [1.82, 2.24) is 5.32 Å². The molecule has 0 saturated carbocycles. The van der Waals surface area contributed by atoms with Crippen molar-refractivity contribution in [1.29, 1.82) is 0 Å². The number of hydrogen-bond donors (Lipinski definition) is 2. The van der Waals surface area contributed by atoms with Crippen molar-refractivity contribution in [2.75, 3.05) is 13.2 Å². The summed E-state index contributed by atoms with van der Waals surface area (Å²) in [7, 11) is 0. The van der Waals surface area contributed by atoms with Crippen molar-refractivity contribution in [3.05, 3.63) is 12.7 Å². The van der Waals surface area contributed by atoms with Gasteiger partial charge in [0.25, 0.3) is 0 Å². The van der Waals surface area contributed by atoms with E-state index in [2.05, 4.69) is 11.9 Å². The van der Waals surface area contributed by atoms with Gasteiger partial charge in [-0.05, 0) is 12.8 Å². The first-order chi connectivity index (χ1) is 7.57. The number of carbonyl (C=O) groups is 2. The van der Waals surface area contributed by atoms with Crippen LogP contribution in [0.15, 0.2) is 12.7 Å². The molecule has 0 aromatic heterocycles. The van der Waals surface area contributed by atoms with Gasteiger partial charge in [-0.2, -0.15) is 0 Å². The number of amides is 2. The third kappa shape index (κ3) is 7.84. The lowest BCUT2D eigenvalue weighted by molar-refractivity contribution is -0.121. The lowest BCUT2D eigenvalue weighted by Gasteiger charge is -2.07. The summed E-state index contributed by atoms with van der Waals surface area (Å²) in [5.41, 5.74) is 5.12. The van der Waals surface area contributed by atoms with Crippen molar-refractivity contribution >= 4 is 12.0 Å². The molecule has 5 heteroatoms. The maximum Gasteiger partial charge on any atom is 0.407 e. The van der Waals surface area contributed by atoms with E-state index in [4.69, 9.17) is 10.5 Å². The van der Waals surface area contributed by atoms with Crippen molar-refractivity contribution < 1.29 is 14.3 Å². The highest BCUT2D eigenvalue weighted by Crippen LogP contribution is 2.06. The van der Waals surface area contributed by atoms with Gasteiger partial charge in [0.1, 0.15) is 6.61 Å². The molecule has 0 radical (unpaired) electrons. The molecule has 5 nitrogen and oxygen atoms in total. The van der Waals surface area contributed by atoms with Crippen LogP contribution in [-0.4, -0.2) is 25.2 Å². The Balaban J connectivity index is 3.36. The maximum atomic E-state index is 11.0. The smallest absolute Gasteiger partial charge is 0.407 e. The summed E-state index contributed by atoms with van der Waals surface area (Å²) in [6.07, 6.45) is 3.47. The zero-order chi connectivity index (χ0) is 12.4. The molecular formula is C11H20N2O3. The van der Waals surface area contributed by atoms with Crippen LogP contribution in [0, 0.1) is 5.92 Å². The average Bonchev–Trinajstić information content (AvgIpc) is 2.25. The molecule has 0 fully saturated rings. The molecule has 0 aromatic rings. The minimum Gasteiger partial charge on any atom is -0.445 e. The van der Waals surface area contributed by atoms with E-state index in [1.165, 1.54) is 6.08 Å². The first-order valence-electron chi connectivity index (χ1n) is 5.38. The minimum absolute atomic E-state index is 0.104. The van der Waals surface area contributed by atoms with Crippen molar-refractivity contribution in [3.63, 3.8) is 0 Å². The molecule has 0 unspecified atom stereocenters. The summed E-state index contributed by atoms with van der Waals surface area (Å²) in [5, 5.41) is 2.60. The van der Waals surface area contributed by atoms with Crippen LogP contribution in [0.25, 0.3) is 0 Å². The monoisotopic (exact) mass is 228 g/mol.